The molecule has 2 rings (SSSR count). The van der Waals surface area contributed by atoms with E-state index in [4.69, 9.17) is 9.47 Å². The Morgan fingerprint density at radius 2 is 1.78 bits per heavy atom. The highest BCUT2D eigenvalue weighted by Crippen LogP contribution is 2.26. The molecule has 0 aromatic heterocycles. The minimum Gasteiger partial charge on any atom is -0.445 e. The second-order valence-electron chi connectivity index (χ2n) is 7.23. The Bertz CT molecular complexity index is 518. The lowest BCUT2D eigenvalue weighted by molar-refractivity contribution is 0.00407. The third-order valence-corrected chi connectivity index (χ3v) is 5.81. The van der Waals surface area contributed by atoms with E-state index in [9.17, 15) is 4.79 Å². The number of nitrogens with zero attached hydrogens (tertiary/aromatic N) is 1. The Kier molecular flexibility index (Phi) is 10.8. The molecule has 27 heavy (non-hydrogen) atoms. The van der Waals surface area contributed by atoms with Crippen LogP contribution < -0.4 is 0 Å². The predicted octanol–water partition coefficient (Wildman–Crippen LogP) is 5.93. The zero-order valence-corrected chi connectivity index (χ0v) is 18.2. The molecule has 1 saturated carbocycles. The molecule has 0 atom stereocenters. The van der Waals surface area contributed by atoms with Crippen molar-refractivity contribution in [3.63, 3.8) is 0 Å². The second-order valence-corrected chi connectivity index (χ2v) is 8.02. The van der Waals surface area contributed by atoms with Crippen LogP contribution in [0.4, 0.5) is 4.79 Å². The minimum absolute atomic E-state index is 0.197. The van der Waals surface area contributed by atoms with Crippen molar-refractivity contribution in [2.45, 2.75) is 77.0 Å². The van der Waals surface area contributed by atoms with Gasteiger partial charge < -0.3 is 14.4 Å². The Balaban J connectivity index is 1.65. The summed E-state index contributed by atoms with van der Waals surface area (Å²) in [5, 5.41) is 1.10. The van der Waals surface area contributed by atoms with Crippen molar-refractivity contribution in [2.75, 3.05) is 18.5 Å². The summed E-state index contributed by atoms with van der Waals surface area (Å²) in [7, 11) is 0. The molecule has 1 aliphatic carbocycles. The average Bonchev–Trinajstić information content (AvgIpc) is 2.71. The summed E-state index contributed by atoms with van der Waals surface area (Å²) in [5.74, 6) is 0. The van der Waals surface area contributed by atoms with E-state index in [0.717, 1.165) is 49.6 Å². The van der Waals surface area contributed by atoms with Gasteiger partial charge in [0.05, 0.1) is 6.10 Å². The summed E-state index contributed by atoms with van der Waals surface area (Å²) in [6, 6.07) is 10.1. The Morgan fingerprint density at radius 1 is 1.07 bits per heavy atom. The SMILES string of the molecule is CCN(C(=O)OCc1ccccc1)[C@H]1CC[C@H](OCCCCCCBr)CC1. The van der Waals surface area contributed by atoms with Crippen molar-refractivity contribution >= 4 is 22.0 Å². The number of carbonyl (C=O) groups excluding carboxylic acids is 1. The molecule has 0 aliphatic heterocycles. The largest absolute Gasteiger partial charge is 0.445 e. The second kappa shape index (κ2) is 13.2. The number of ether oxygens (including phenoxy) is 2. The van der Waals surface area contributed by atoms with Gasteiger partial charge in [0.25, 0.3) is 0 Å². The van der Waals surface area contributed by atoms with Crippen LogP contribution in [0, 0.1) is 0 Å². The average molecular weight is 440 g/mol. The molecule has 4 nitrogen and oxygen atoms in total. The quantitative estimate of drug-likeness (QED) is 0.316. The zero-order chi connectivity index (χ0) is 19.3. The zero-order valence-electron chi connectivity index (χ0n) is 16.6. The standard InChI is InChI=1S/C22H34BrNO3/c1-2-24(22(25)27-18-19-10-6-5-7-11-19)20-12-14-21(15-13-20)26-17-9-4-3-8-16-23/h5-7,10-11,20-21H,2-4,8-9,12-18H2,1H3/t20-,21-. The lowest BCUT2D eigenvalue weighted by atomic mass is 9.92. The number of hydrogen-bond donors (Lipinski definition) is 0. The van der Waals surface area contributed by atoms with Crippen molar-refractivity contribution in [1.29, 1.82) is 0 Å². The molecule has 5 heteroatoms. The molecule has 0 bridgehead atoms. The molecule has 0 spiro atoms. The summed E-state index contributed by atoms with van der Waals surface area (Å²) in [6.07, 6.45) is 9.16. The lowest BCUT2D eigenvalue weighted by Crippen LogP contribution is -2.43. The van der Waals surface area contributed by atoms with Gasteiger partial charge in [0.15, 0.2) is 0 Å². The Labute approximate surface area is 172 Å². The molecule has 1 aliphatic rings. The minimum atomic E-state index is -0.197. The Hall–Kier alpha value is -1.07. The summed E-state index contributed by atoms with van der Waals surface area (Å²) in [5.41, 5.74) is 1.02. The smallest absolute Gasteiger partial charge is 0.410 e. The van der Waals surface area contributed by atoms with E-state index in [2.05, 4.69) is 15.9 Å². The van der Waals surface area contributed by atoms with Crippen LogP contribution in [0.5, 0.6) is 0 Å². The number of carbonyl (C=O) groups is 1. The summed E-state index contributed by atoms with van der Waals surface area (Å²) >= 11 is 3.47. The monoisotopic (exact) mass is 439 g/mol. The Morgan fingerprint density at radius 3 is 2.44 bits per heavy atom. The van der Waals surface area contributed by atoms with E-state index in [0.29, 0.717) is 19.3 Å². The van der Waals surface area contributed by atoms with Gasteiger partial charge in [-0.2, -0.15) is 0 Å². The van der Waals surface area contributed by atoms with E-state index in [1.165, 1.54) is 19.3 Å². The number of halogens is 1. The van der Waals surface area contributed by atoms with Crippen LogP contribution in [0.2, 0.25) is 0 Å². The van der Waals surface area contributed by atoms with Crippen molar-refractivity contribution in [3.8, 4) is 0 Å². The van der Waals surface area contributed by atoms with Crippen molar-refractivity contribution in [3.05, 3.63) is 35.9 Å². The van der Waals surface area contributed by atoms with Gasteiger partial charge in [-0.1, -0.05) is 59.1 Å². The maximum atomic E-state index is 12.5. The number of alkyl halides is 1. The van der Waals surface area contributed by atoms with Crippen LogP contribution in [0.25, 0.3) is 0 Å². The van der Waals surface area contributed by atoms with Gasteiger partial charge in [0, 0.05) is 24.5 Å². The molecule has 152 valence electrons. The van der Waals surface area contributed by atoms with Gasteiger partial charge in [0.1, 0.15) is 6.61 Å². The van der Waals surface area contributed by atoms with Gasteiger partial charge in [-0.05, 0) is 51.0 Å². The van der Waals surface area contributed by atoms with Crippen molar-refractivity contribution in [2.24, 2.45) is 0 Å². The van der Waals surface area contributed by atoms with Gasteiger partial charge in [-0.3, -0.25) is 0 Å². The normalized spacial score (nSPS) is 19.6. The fourth-order valence-electron chi connectivity index (χ4n) is 3.66. The van der Waals surface area contributed by atoms with Crippen LogP contribution in [-0.2, 0) is 16.1 Å². The first kappa shape index (κ1) is 22.2. The van der Waals surface area contributed by atoms with Gasteiger partial charge >= 0.3 is 6.09 Å². The maximum absolute atomic E-state index is 12.5. The molecular weight excluding hydrogens is 406 g/mol. The first-order valence-electron chi connectivity index (χ1n) is 10.4. The third kappa shape index (κ3) is 8.22. The van der Waals surface area contributed by atoms with Gasteiger partial charge in [-0.15, -0.1) is 0 Å². The van der Waals surface area contributed by atoms with E-state index < -0.39 is 0 Å². The molecule has 1 amide bonds. The van der Waals surface area contributed by atoms with Crippen molar-refractivity contribution in [1.82, 2.24) is 4.90 Å². The summed E-state index contributed by atoms with van der Waals surface area (Å²) < 4.78 is 11.6. The fraction of sp³-hybridized carbons (Fsp3) is 0.682. The molecule has 1 aromatic rings. The molecule has 1 aromatic carbocycles. The maximum Gasteiger partial charge on any atom is 0.410 e. The molecule has 0 radical (unpaired) electrons. The summed E-state index contributed by atoms with van der Waals surface area (Å²) in [4.78, 5) is 14.4. The molecule has 0 unspecified atom stereocenters. The first-order chi connectivity index (χ1) is 13.2. The van der Waals surface area contributed by atoms with Crippen LogP contribution in [0.3, 0.4) is 0 Å². The van der Waals surface area contributed by atoms with Gasteiger partial charge in [-0.25, -0.2) is 4.79 Å². The van der Waals surface area contributed by atoms with Crippen molar-refractivity contribution < 1.29 is 14.3 Å². The van der Waals surface area contributed by atoms with Crippen LogP contribution in [-0.4, -0.2) is 41.6 Å². The highest BCUT2D eigenvalue weighted by molar-refractivity contribution is 9.09. The third-order valence-electron chi connectivity index (χ3n) is 5.25. The molecule has 0 heterocycles. The van der Waals surface area contributed by atoms with E-state index in [1.54, 1.807) is 0 Å². The number of benzene rings is 1. The number of hydrogen-bond acceptors (Lipinski definition) is 3. The number of amides is 1. The van der Waals surface area contributed by atoms with Crippen LogP contribution >= 0.6 is 15.9 Å². The number of rotatable bonds is 11. The molecular formula is C22H34BrNO3. The van der Waals surface area contributed by atoms with E-state index >= 15 is 0 Å². The van der Waals surface area contributed by atoms with E-state index in [-0.39, 0.29) is 12.1 Å². The highest BCUT2D eigenvalue weighted by Gasteiger charge is 2.29. The summed E-state index contributed by atoms with van der Waals surface area (Å²) in [6.45, 7) is 3.93. The van der Waals surface area contributed by atoms with Crippen LogP contribution in [0.1, 0.15) is 63.9 Å². The van der Waals surface area contributed by atoms with Gasteiger partial charge in [0.2, 0.25) is 0 Å². The first-order valence-corrected chi connectivity index (χ1v) is 11.5. The molecule has 0 saturated heterocycles. The van der Waals surface area contributed by atoms with E-state index in [1.807, 2.05) is 42.2 Å². The molecule has 1 fully saturated rings. The molecule has 0 N–H and O–H groups in total. The highest BCUT2D eigenvalue weighted by atomic mass is 79.9. The fourth-order valence-corrected chi connectivity index (χ4v) is 4.06. The lowest BCUT2D eigenvalue weighted by Gasteiger charge is -2.35. The topological polar surface area (TPSA) is 38.8 Å². The predicted molar refractivity (Wildman–Crippen MR) is 113 cm³/mol. The number of unbranched alkanes of at least 4 members (excludes halogenated alkanes) is 3. The van der Waals surface area contributed by atoms with Crippen LogP contribution in [0.15, 0.2) is 30.3 Å².